The highest BCUT2D eigenvalue weighted by atomic mass is 31.2. The molecule has 0 saturated heterocycles. The van der Waals surface area contributed by atoms with Gasteiger partial charge < -0.3 is 19.4 Å². The molecular weight excluding hydrogens is 1010 g/mol. The van der Waals surface area contributed by atoms with Gasteiger partial charge in [0.1, 0.15) is 19.3 Å². The summed E-state index contributed by atoms with van der Waals surface area (Å²) in [4.78, 5) is 37.8. The minimum atomic E-state index is -4.45. The van der Waals surface area contributed by atoms with E-state index >= 15 is 0 Å². The van der Waals surface area contributed by atoms with Crippen molar-refractivity contribution in [2.75, 3.05) is 40.9 Å². The van der Waals surface area contributed by atoms with Crippen LogP contribution in [0.3, 0.4) is 0 Å². The van der Waals surface area contributed by atoms with Crippen molar-refractivity contribution >= 4 is 19.7 Å². The Hall–Kier alpha value is -2.29. The molecule has 0 heterocycles. The molecule has 0 aliphatic heterocycles. The summed E-state index contributed by atoms with van der Waals surface area (Å²) in [6.07, 6.45) is 76.5. The van der Waals surface area contributed by atoms with E-state index in [0.29, 0.717) is 17.4 Å². The molecule has 0 radical (unpaired) electrons. The van der Waals surface area contributed by atoms with Gasteiger partial charge in [-0.2, -0.15) is 0 Å². The standard InChI is InChI=1S/C70H131N2O7P/c1-7-10-13-16-19-22-25-28-30-31-32-33-34-35-36-37-38-39-40-41-43-45-48-51-54-57-60-63-70(74)79-68(61-58-55-52-49-46-27-24-21-18-15-12-9-3)67(66-78-80(75,76)77-65-64-72(4,5)6)71-69(73)62-59-56-53-50-47-44-42-29-26-23-20-17-14-11-8-2/h19,22,28,30,32-33,35-36,58,61,67-68H,7-18,20-21,23-27,29,31,34,37-57,59-60,62-66H2,1-6H3,(H-,71,73,75,76)/p+1/b22-19-,30-28-,33-32-,36-35-,61-58-. The lowest BCUT2D eigenvalue weighted by molar-refractivity contribution is -0.870. The van der Waals surface area contributed by atoms with E-state index in [1.807, 2.05) is 33.3 Å². The summed E-state index contributed by atoms with van der Waals surface area (Å²) in [5, 5.41) is 3.07. The number of esters is 1. The molecule has 0 aromatic carbocycles. The molecule has 0 aromatic rings. The summed E-state index contributed by atoms with van der Waals surface area (Å²) in [5.41, 5.74) is 0. The van der Waals surface area contributed by atoms with Gasteiger partial charge >= 0.3 is 13.8 Å². The van der Waals surface area contributed by atoms with Crippen LogP contribution in [0.2, 0.25) is 0 Å². The van der Waals surface area contributed by atoms with E-state index in [0.717, 1.165) is 77.0 Å². The van der Waals surface area contributed by atoms with Gasteiger partial charge in [-0.1, -0.05) is 294 Å². The van der Waals surface area contributed by atoms with Crippen LogP contribution in [0.5, 0.6) is 0 Å². The normalized spacial score (nSPS) is 13.9. The number of hydrogen-bond acceptors (Lipinski definition) is 6. The van der Waals surface area contributed by atoms with E-state index in [1.54, 1.807) is 0 Å². The van der Waals surface area contributed by atoms with Crippen LogP contribution in [0.15, 0.2) is 60.8 Å². The molecule has 0 fully saturated rings. The Bertz CT molecular complexity index is 1550. The van der Waals surface area contributed by atoms with Crippen LogP contribution in [-0.2, 0) is 27.9 Å². The zero-order valence-corrected chi connectivity index (χ0v) is 54.5. The summed E-state index contributed by atoms with van der Waals surface area (Å²) < 4.78 is 30.8. The maximum atomic E-state index is 13.6. The zero-order chi connectivity index (χ0) is 58.6. The van der Waals surface area contributed by atoms with Gasteiger partial charge in [0.05, 0.1) is 33.8 Å². The van der Waals surface area contributed by atoms with E-state index in [4.69, 9.17) is 13.8 Å². The lowest BCUT2D eigenvalue weighted by atomic mass is 10.0. The molecule has 2 N–H and O–H groups in total. The second-order valence-corrected chi connectivity index (χ2v) is 25.8. The summed E-state index contributed by atoms with van der Waals surface area (Å²) in [6.45, 7) is 7.02. The molecule has 0 aliphatic carbocycles. The van der Waals surface area contributed by atoms with Gasteiger partial charge in [-0.05, 0) is 76.7 Å². The first-order valence-corrected chi connectivity index (χ1v) is 35.6. The molecule has 3 atom stereocenters. The third kappa shape index (κ3) is 60.3. The molecule has 1 amide bonds. The van der Waals surface area contributed by atoms with Gasteiger partial charge in [0.15, 0.2) is 0 Å². The van der Waals surface area contributed by atoms with Crippen molar-refractivity contribution in [1.29, 1.82) is 0 Å². The largest absolute Gasteiger partial charge is 0.472 e. The molecule has 10 heteroatoms. The van der Waals surface area contributed by atoms with Gasteiger partial charge in [-0.15, -0.1) is 0 Å². The fourth-order valence-electron chi connectivity index (χ4n) is 9.93. The number of allylic oxidation sites excluding steroid dienone is 9. The molecule has 0 spiro atoms. The predicted molar refractivity (Wildman–Crippen MR) is 346 cm³/mol. The second kappa shape index (κ2) is 59.9. The molecule has 0 aliphatic rings. The average molecular weight is 1140 g/mol. The molecule has 3 unspecified atom stereocenters. The highest BCUT2D eigenvalue weighted by Gasteiger charge is 2.30. The van der Waals surface area contributed by atoms with Gasteiger partial charge in [-0.3, -0.25) is 18.6 Å². The van der Waals surface area contributed by atoms with Gasteiger partial charge in [-0.25, -0.2) is 4.57 Å². The molecular formula is C70H132N2O7P+. The summed E-state index contributed by atoms with van der Waals surface area (Å²) in [6, 6.07) is -0.848. The van der Waals surface area contributed by atoms with Gasteiger partial charge in [0.25, 0.3) is 0 Å². The molecule has 0 saturated carbocycles. The van der Waals surface area contributed by atoms with Crippen LogP contribution < -0.4 is 5.32 Å². The number of likely N-dealkylation sites (N-methyl/N-ethyl adjacent to an activating group) is 1. The van der Waals surface area contributed by atoms with Crippen LogP contribution in [0.25, 0.3) is 0 Å². The quantitative estimate of drug-likeness (QED) is 0.0205. The lowest BCUT2D eigenvalue weighted by Crippen LogP contribution is -2.47. The minimum Gasteiger partial charge on any atom is -0.456 e. The first-order chi connectivity index (χ1) is 38.9. The lowest BCUT2D eigenvalue weighted by Gasteiger charge is -2.27. The number of carbonyl (C=O) groups excluding carboxylic acids is 2. The van der Waals surface area contributed by atoms with Crippen LogP contribution in [0, 0.1) is 0 Å². The number of nitrogens with zero attached hydrogens (tertiary/aromatic N) is 1. The van der Waals surface area contributed by atoms with E-state index in [9.17, 15) is 19.0 Å². The van der Waals surface area contributed by atoms with E-state index < -0.39 is 20.0 Å². The third-order valence-corrected chi connectivity index (χ3v) is 16.2. The van der Waals surface area contributed by atoms with Gasteiger partial charge in [0, 0.05) is 12.8 Å². The predicted octanol–water partition coefficient (Wildman–Crippen LogP) is 21.4. The maximum absolute atomic E-state index is 13.6. The summed E-state index contributed by atoms with van der Waals surface area (Å²) in [5.74, 6) is -0.496. The highest BCUT2D eigenvalue weighted by molar-refractivity contribution is 7.47. The van der Waals surface area contributed by atoms with E-state index in [-0.39, 0.29) is 31.5 Å². The number of rotatable bonds is 62. The number of amides is 1. The van der Waals surface area contributed by atoms with E-state index in [2.05, 4.69) is 74.7 Å². The smallest absolute Gasteiger partial charge is 0.456 e. The Kier molecular flexibility index (Phi) is 58.1. The fourth-order valence-corrected chi connectivity index (χ4v) is 10.7. The third-order valence-electron chi connectivity index (χ3n) is 15.2. The molecule has 0 aromatic heterocycles. The number of unbranched alkanes of at least 4 members (excludes halogenated alkanes) is 38. The number of carbonyl (C=O) groups is 2. The van der Waals surface area contributed by atoms with Crippen molar-refractivity contribution < 1.29 is 37.3 Å². The van der Waals surface area contributed by atoms with Crippen LogP contribution >= 0.6 is 7.82 Å². The van der Waals surface area contributed by atoms with Crippen molar-refractivity contribution in [3.8, 4) is 0 Å². The molecule has 80 heavy (non-hydrogen) atoms. The zero-order valence-electron chi connectivity index (χ0n) is 53.6. The van der Waals surface area contributed by atoms with E-state index in [1.165, 1.54) is 212 Å². The maximum Gasteiger partial charge on any atom is 0.472 e. The van der Waals surface area contributed by atoms with Crippen molar-refractivity contribution in [1.82, 2.24) is 5.32 Å². The van der Waals surface area contributed by atoms with Crippen molar-refractivity contribution in [3.05, 3.63) is 60.8 Å². The Morgan fingerprint density at radius 2 is 0.762 bits per heavy atom. The Morgan fingerprint density at radius 3 is 1.16 bits per heavy atom. The number of quaternary nitrogens is 1. The minimum absolute atomic E-state index is 0.0406. The summed E-state index contributed by atoms with van der Waals surface area (Å²) >= 11 is 0. The first kappa shape index (κ1) is 77.7. The average Bonchev–Trinajstić information content (AvgIpc) is 3.43. The first-order valence-electron chi connectivity index (χ1n) is 34.1. The molecule has 0 bridgehead atoms. The van der Waals surface area contributed by atoms with Crippen molar-refractivity contribution in [2.24, 2.45) is 0 Å². The second-order valence-electron chi connectivity index (χ2n) is 24.4. The number of ether oxygens (including phenoxy) is 1. The molecule has 468 valence electrons. The number of hydrogen-bond donors (Lipinski definition) is 2. The van der Waals surface area contributed by atoms with Crippen LogP contribution in [0.1, 0.15) is 323 Å². The van der Waals surface area contributed by atoms with Crippen LogP contribution in [0.4, 0.5) is 0 Å². The highest BCUT2D eigenvalue weighted by Crippen LogP contribution is 2.43. The van der Waals surface area contributed by atoms with Crippen molar-refractivity contribution in [2.45, 2.75) is 335 Å². The topological polar surface area (TPSA) is 111 Å². The SMILES string of the molecule is CCCCC/C=C\C/C=C\C/C=C\C/C=C\CCCCCCCCCCCCCC(=O)OC(/C=C\CCCCCCCCCCCC)C(COP(=O)(O)OCC[N+](C)(C)C)NC(=O)CCCCCCCCCCCCCCCCC. The fraction of sp³-hybridized carbons (Fsp3) is 0.829. The summed E-state index contributed by atoms with van der Waals surface area (Å²) in [7, 11) is 1.50. The monoisotopic (exact) mass is 1140 g/mol. The van der Waals surface area contributed by atoms with Crippen molar-refractivity contribution in [3.63, 3.8) is 0 Å². The number of nitrogens with one attached hydrogen (secondary N) is 1. The Balaban J connectivity index is 5.05. The Labute approximate surface area is 496 Å². The van der Waals surface area contributed by atoms with Crippen LogP contribution in [-0.4, -0.2) is 74.3 Å². The molecule has 9 nitrogen and oxygen atoms in total. The Morgan fingerprint density at radius 1 is 0.438 bits per heavy atom. The van der Waals surface area contributed by atoms with Gasteiger partial charge in [0.2, 0.25) is 5.91 Å². The number of phosphoric ester groups is 1. The molecule has 0 rings (SSSR count). The number of phosphoric acid groups is 1.